The zero-order valence-corrected chi connectivity index (χ0v) is 15.1. The molecule has 1 N–H and O–H groups in total. The van der Waals surface area contributed by atoms with Crippen LogP contribution in [0.2, 0.25) is 0 Å². The average Bonchev–Trinajstić information content (AvgIpc) is 3.41. The van der Waals surface area contributed by atoms with Crippen LogP contribution >= 0.6 is 0 Å². The normalized spacial score (nSPS) is 15.0. The van der Waals surface area contributed by atoms with Crippen LogP contribution in [0.15, 0.2) is 30.5 Å². The highest BCUT2D eigenvalue weighted by molar-refractivity contribution is 5.91. The lowest BCUT2D eigenvalue weighted by Crippen LogP contribution is -2.29. The van der Waals surface area contributed by atoms with Gasteiger partial charge in [0.2, 0.25) is 0 Å². The minimum Gasteiger partial charge on any atom is -0.384 e. The first-order valence-corrected chi connectivity index (χ1v) is 9.39. The molecule has 142 valence electrons. The number of nitrogens with zero attached hydrogens (tertiary/aromatic N) is 2. The highest BCUT2D eigenvalue weighted by atomic mass is 19.4. The largest absolute Gasteiger partial charge is 0.416 e. The molecule has 1 fully saturated rings. The van der Waals surface area contributed by atoms with Gasteiger partial charge >= 0.3 is 6.18 Å². The number of hydrogen-bond acceptors (Lipinski definition) is 3. The molecule has 3 nitrogen and oxygen atoms in total. The van der Waals surface area contributed by atoms with Gasteiger partial charge in [-0.15, -0.1) is 0 Å². The number of aromatic nitrogens is 1. The van der Waals surface area contributed by atoms with Gasteiger partial charge in [-0.3, -0.25) is 4.98 Å². The van der Waals surface area contributed by atoms with Crippen molar-refractivity contribution in [1.82, 2.24) is 9.88 Å². The summed E-state index contributed by atoms with van der Waals surface area (Å²) in [7, 11) is 0. The molecule has 1 saturated carbocycles. The van der Waals surface area contributed by atoms with Crippen LogP contribution in [-0.4, -0.2) is 36.1 Å². The lowest BCUT2D eigenvalue weighted by atomic mass is 10.1. The van der Waals surface area contributed by atoms with E-state index in [1.165, 1.54) is 25.5 Å². The molecule has 0 aliphatic heterocycles. The van der Waals surface area contributed by atoms with E-state index in [2.05, 4.69) is 22.1 Å². The molecule has 26 heavy (non-hydrogen) atoms. The quantitative estimate of drug-likeness (QED) is 0.621. The molecule has 0 bridgehead atoms. The molecule has 0 spiro atoms. The van der Waals surface area contributed by atoms with Gasteiger partial charge in [0.25, 0.3) is 0 Å². The molecule has 6 heteroatoms. The zero-order chi connectivity index (χ0) is 18.6. The second kappa shape index (κ2) is 8.25. The predicted octanol–water partition coefficient (Wildman–Crippen LogP) is 5.18. The van der Waals surface area contributed by atoms with E-state index < -0.39 is 11.7 Å². The minimum absolute atomic E-state index is 0.367. The summed E-state index contributed by atoms with van der Waals surface area (Å²) in [6.07, 6.45) is 2.11. The maximum atomic E-state index is 12.8. The smallest absolute Gasteiger partial charge is 0.384 e. The number of rotatable bonds is 9. The number of alkyl halides is 3. The number of halogens is 3. The molecule has 0 amide bonds. The van der Waals surface area contributed by atoms with Gasteiger partial charge in [-0.1, -0.05) is 13.0 Å². The second-order valence-electron chi connectivity index (χ2n) is 7.11. The highest BCUT2D eigenvalue weighted by Crippen LogP contribution is 2.32. The molecule has 1 heterocycles. The van der Waals surface area contributed by atoms with E-state index in [1.54, 1.807) is 6.20 Å². The van der Waals surface area contributed by atoms with Crippen molar-refractivity contribution in [2.75, 3.05) is 31.5 Å². The van der Waals surface area contributed by atoms with Gasteiger partial charge in [-0.05, 0) is 62.9 Å². The monoisotopic (exact) mass is 365 g/mol. The molecule has 0 saturated heterocycles. The maximum absolute atomic E-state index is 12.8. The van der Waals surface area contributed by atoms with E-state index in [-0.39, 0.29) is 0 Å². The Hall–Kier alpha value is -1.82. The van der Waals surface area contributed by atoms with Crippen molar-refractivity contribution in [1.29, 1.82) is 0 Å². The lowest BCUT2D eigenvalue weighted by molar-refractivity contribution is -0.137. The van der Waals surface area contributed by atoms with Crippen molar-refractivity contribution in [3.8, 4) is 0 Å². The summed E-state index contributed by atoms with van der Waals surface area (Å²) >= 11 is 0. The van der Waals surface area contributed by atoms with E-state index >= 15 is 0 Å². The molecule has 1 aliphatic rings. The highest BCUT2D eigenvalue weighted by Gasteiger charge is 2.30. The first-order chi connectivity index (χ1) is 12.5. The third-order valence-corrected chi connectivity index (χ3v) is 4.79. The number of hydrogen-bond donors (Lipinski definition) is 1. The fourth-order valence-electron chi connectivity index (χ4n) is 3.28. The van der Waals surface area contributed by atoms with Crippen molar-refractivity contribution >= 4 is 16.6 Å². The number of fused-ring (bicyclic) bond motifs is 1. The standard InChI is InChI=1S/C20H26F3N3/c1-2-11-26(14-15-4-5-15)12-3-9-24-18-8-10-25-19-13-16(20(21,22)23)6-7-17(18)19/h6-8,10,13,15H,2-5,9,11-12,14H2,1H3,(H,24,25). The second-order valence-corrected chi connectivity index (χ2v) is 7.11. The molecule has 0 atom stereocenters. The van der Waals surface area contributed by atoms with Crippen LogP contribution in [0.4, 0.5) is 18.9 Å². The number of nitrogens with one attached hydrogen (secondary N) is 1. The maximum Gasteiger partial charge on any atom is 0.416 e. The third kappa shape index (κ3) is 5.10. The summed E-state index contributed by atoms with van der Waals surface area (Å²) in [6.45, 7) is 6.39. The van der Waals surface area contributed by atoms with Crippen LogP contribution in [0.5, 0.6) is 0 Å². The summed E-state index contributed by atoms with van der Waals surface area (Å²) in [5.41, 5.74) is 0.545. The van der Waals surface area contributed by atoms with Gasteiger partial charge < -0.3 is 10.2 Å². The fraction of sp³-hybridized carbons (Fsp3) is 0.550. The van der Waals surface area contributed by atoms with Crippen molar-refractivity contribution in [2.45, 2.75) is 38.8 Å². The Labute approximate surface area is 152 Å². The number of anilines is 1. The Morgan fingerprint density at radius 3 is 2.69 bits per heavy atom. The van der Waals surface area contributed by atoms with Crippen LogP contribution in [0.3, 0.4) is 0 Å². The molecule has 0 radical (unpaired) electrons. The summed E-state index contributed by atoms with van der Waals surface area (Å²) in [6, 6.07) is 5.56. The summed E-state index contributed by atoms with van der Waals surface area (Å²) < 4.78 is 38.5. The Balaban J connectivity index is 1.58. The first kappa shape index (κ1) is 19.0. The topological polar surface area (TPSA) is 28.2 Å². The zero-order valence-electron chi connectivity index (χ0n) is 15.1. The van der Waals surface area contributed by atoms with Crippen LogP contribution in [-0.2, 0) is 6.18 Å². The molecule has 1 aromatic carbocycles. The van der Waals surface area contributed by atoms with Gasteiger partial charge in [0.15, 0.2) is 0 Å². The number of benzene rings is 1. The van der Waals surface area contributed by atoms with Gasteiger partial charge in [0, 0.05) is 30.4 Å². The van der Waals surface area contributed by atoms with Crippen LogP contribution in [0, 0.1) is 5.92 Å². The van der Waals surface area contributed by atoms with Crippen molar-refractivity contribution in [2.24, 2.45) is 5.92 Å². The molecule has 1 aromatic heterocycles. The Morgan fingerprint density at radius 2 is 2.00 bits per heavy atom. The van der Waals surface area contributed by atoms with Gasteiger partial charge in [-0.25, -0.2) is 0 Å². The lowest BCUT2D eigenvalue weighted by Gasteiger charge is -2.21. The van der Waals surface area contributed by atoms with Gasteiger partial charge in [0.05, 0.1) is 11.1 Å². The minimum atomic E-state index is -4.34. The Kier molecular flexibility index (Phi) is 6.01. The van der Waals surface area contributed by atoms with E-state index in [9.17, 15) is 13.2 Å². The summed E-state index contributed by atoms with van der Waals surface area (Å²) in [5, 5.41) is 4.09. The van der Waals surface area contributed by atoms with E-state index in [0.29, 0.717) is 5.52 Å². The van der Waals surface area contributed by atoms with E-state index in [4.69, 9.17) is 0 Å². The van der Waals surface area contributed by atoms with Crippen LogP contribution < -0.4 is 5.32 Å². The molecular formula is C20H26F3N3. The first-order valence-electron chi connectivity index (χ1n) is 9.39. The molecule has 1 aliphatic carbocycles. The molecule has 0 unspecified atom stereocenters. The molecule has 2 aromatic rings. The molecular weight excluding hydrogens is 339 g/mol. The number of pyridine rings is 1. The van der Waals surface area contributed by atoms with Crippen LogP contribution in [0.25, 0.3) is 10.9 Å². The van der Waals surface area contributed by atoms with Gasteiger partial charge in [-0.2, -0.15) is 13.2 Å². The van der Waals surface area contributed by atoms with E-state index in [1.807, 2.05) is 6.07 Å². The third-order valence-electron chi connectivity index (χ3n) is 4.79. The van der Waals surface area contributed by atoms with Crippen molar-refractivity contribution < 1.29 is 13.2 Å². The fourth-order valence-corrected chi connectivity index (χ4v) is 3.28. The Bertz CT molecular complexity index is 726. The summed E-state index contributed by atoms with van der Waals surface area (Å²) in [4.78, 5) is 6.62. The average molecular weight is 365 g/mol. The van der Waals surface area contributed by atoms with E-state index in [0.717, 1.165) is 61.6 Å². The molecule has 3 rings (SSSR count). The van der Waals surface area contributed by atoms with Crippen molar-refractivity contribution in [3.05, 3.63) is 36.0 Å². The van der Waals surface area contributed by atoms with Crippen LogP contribution in [0.1, 0.15) is 38.2 Å². The SMILES string of the molecule is CCCN(CCCNc1ccnc2cc(C(F)(F)F)ccc12)CC1CC1. The predicted molar refractivity (Wildman–Crippen MR) is 99.3 cm³/mol. The van der Waals surface area contributed by atoms with Crippen molar-refractivity contribution in [3.63, 3.8) is 0 Å². The summed E-state index contributed by atoms with van der Waals surface area (Å²) in [5.74, 6) is 0.890. The van der Waals surface area contributed by atoms with Gasteiger partial charge in [0.1, 0.15) is 0 Å². The Morgan fingerprint density at radius 1 is 1.19 bits per heavy atom.